The van der Waals surface area contributed by atoms with Crippen molar-refractivity contribution >= 4 is 31.6 Å². The third kappa shape index (κ3) is 2.34. The molecule has 1 rings (SSSR count). The first kappa shape index (κ1) is 12.1. The first-order chi connectivity index (χ1) is 6.25. The van der Waals surface area contributed by atoms with Crippen molar-refractivity contribution < 1.29 is 0 Å². The van der Waals surface area contributed by atoms with E-state index < -0.39 is 8.24 Å². The van der Waals surface area contributed by atoms with Crippen molar-refractivity contribution in [2.24, 2.45) is 0 Å². The summed E-state index contributed by atoms with van der Waals surface area (Å²) in [6.45, 7) is 11.8. The Morgan fingerprint density at radius 3 is 2.36 bits per heavy atom. The van der Waals surface area contributed by atoms with Gasteiger partial charge in [0.1, 0.15) is 8.24 Å². The number of nitrogens with zero attached hydrogens (tertiary/aromatic N) is 1. The Morgan fingerprint density at radius 1 is 1.36 bits per heavy atom. The second-order valence-corrected chi connectivity index (χ2v) is 11.3. The first-order valence-corrected chi connectivity index (χ1v) is 8.66. The van der Waals surface area contributed by atoms with Crippen molar-refractivity contribution in [3.05, 3.63) is 22.7 Å². The quantitative estimate of drug-likeness (QED) is 0.657. The molecule has 0 atom stereocenters. The van der Waals surface area contributed by atoms with Gasteiger partial charge in [-0.2, -0.15) is 0 Å². The van der Waals surface area contributed by atoms with E-state index in [4.69, 9.17) is 0 Å². The van der Waals surface area contributed by atoms with E-state index in [9.17, 15) is 0 Å². The van der Waals surface area contributed by atoms with Crippen LogP contribution in [0, 0.1) is 0 Å². The molecule has 0 saturated heterocycles. The van der Waals surface area contributed by atoms with Crippen LogP contribution < -0.4 is 0 Å². The van der Waals surface area contributed by atoms with Crippen LogP contribution in [-0.2, 0) is 0 Å². The van der Waals surface area contributed by atoms with E-state index in [0.29, 0.717) is 5.04 Å². The molecule has 1 heterocycles. The van der Waals surface area contributed by atoms with E-state index in [2.05, 4.69) is 80.0 Å². The van der Waals surface area contributed by atoms with Crippen molar-refractivity contribution in [1.82, 2.24) is 4.48 Å². The zero-order chi connectivity index (χ0) is 11.0. The average Bonchev–Trinajstić information content (AvgIpc) is 2.02. The van der Waals surface area contributed by atoms with Crippen molar-refractivity contribution in [1.29, 1.82) is 0 Å². The maximum absolute atomic E-state index is 3.52. The Kier molecular flexibility index (Phi) is 3.37. The second-order valence-electron chi connectivity index (χ2n) is 5.24. The van der Waals surface area contributed by atoms with Gasteiger partial charge in [0, 0.05) is 0 Å². The first-order valence-electron chi connectivity index (χ1n) is 4.92. The molecule has 4 heteroatoms. The molecule has 0 fully saturated rings. The van der Waals surface area contributed by atoms with Gasteiger partial charge in [-0.15, -0.1) is 0 Å². The van der Waals surface area contributed by atoms with Crippen molar-refractivity contribution in [2.75, 3.05) is 0 Å². The molecule has 77 valence electrons. The maximum atomic E-state index is 3.52. The second kappa shape index (κ2) is 3.89. The Morgan fingerprint density at radius 2 is 1.93 bits per heavy atom. The summed E-state index contributed by atoms with van der Waals surface area (Å²) >= 11 is 3.52. The summed E-state index contributed by atoms with van der Waals surface area (Å²) in [7, 11) is 0.766. The number of hydrogen-bond acceptors (Lipinski definition) is 1. The zero-order valence-electron chi connectivity index (χ0n) is 9.63. The summed E-state index contributed by atoms with van der Waals surface area (Å²) in [5, 5.41) is 0.373. The van der Waals surface area contributed by atoms with Crippen LogP contribution in [-0.4, -0.2) is 20.1 Å². The van der Waals surface area contributed by atoms with Gasteiger partial charge in [0.15, 0.2) is 0 Å². The van der Waals surface area contributed by atoms with E-state index in [1.54, 1.807) is 0 Å². The highest BCUT2D eigenvalue weighted by atomic mass is 79.9. The monoisotopic (exact) mass is 270 g/mol. The lowest BCUT2D eigenvalue weighted by molar-refractivity contribution is 0.657. The van der Waals surface area contributed by atoms with E-state index in [1.807, 2.05) is 0 Å². The molecule has 1 aliphatic rings. The third-order valence-electron chi connectivity index (χ3n) is 3.25. The van der Waals surface area contributed by atoms with Gasteiger partial charge in [-0.3, -0.25) is 0 Å². The van der Waals surface area contributed by atoms with Gasteiger partial charge in [0.25, 0.3) is 7.41 Å². The van der Waals surface area contributed by atoms with Crippen LogP contribution in [0.5, 0.6) is 0 Å². The fraction of sp³-hybridized carbons (Fsp3) is 0.600. The molecule has 0 amide bonds. The summed E-state index contributed by atoms with van der Waals surface area (Å²) < 4.78 is 3.56. The molecular weight excluding hydrogens is 253 g/mol. The predicted molar refractivity (Wildman–Crippen MR) is 70.9 cm³/mol. The molecule has 0 N–H and O–H groups in total. The molecule has 0 aromatic rings. The Hall–Kier alpha value is 0.0418. The van der Waals surface area contributed by atoms with Gasteiger partial charge in [0.2, 0.25) is 0 Å². The molecule has 0 spiro atoms. The van der Waals surface area contributed by atoms with Crippen molar-refractivity contribution in [3.8, 4) is 0 Å². The van der Waals surface area contributed by atoms with Gasteiger partial charge in [-0.25, -0.2) is 0 Å². The van der Waals surface area contributed by atoms with E-state index in [1.165, 1.54) is 0 Å². The molecule has 0 aromatic heterocycles. The van der Waals surface area contributed by atoms with Crippen LogP contribution in [0.2, 0.25) is 18.1 Å². The molecule has 1 radical (unpaired) electrons. The topological polar surface area (TPSA) is 3.24 Å². The largest absolute Gasteiger partial charge is 0.448 e. The minimum Gasteiger partial charge on any atom is -0.448 e. The number of halogens is 1. The lowest BCUT2D eigenvalue weighted by Crippen LogP contribution is -2.54. The molecule has 1 aliphatic heterocycles. The molecule has 0 aliphatic carbocycles. The summed E-state index contributed by atoms with van der Waals surface area (Å²) in [5.74, 6) is 0. The highest BCUT2D eigenvalue weighted by molar-refractivity contribution is 9.12. The minimum absolute atomic E-state index is 0.373. The maximum Gasteiger partial charge on any atom is 0.283 e. The average molecular weight is 271 g/mol. The Balaban J connectivity index is 2.86. The third-order valence-corrected chi connectivity index (χ3v) is 8.95. The summed E-state index contributed by atoms with van der Waals surface area (Å²) in [5.41, 5.74) is 0. The fourth-order valence-electron chi connectivity index (χ4n) is 1.18. The van der Waals surface area contributed by atoms with E-state index >= 15 is 0 Å². The standard InChI is InChI=1S/C10H18BBrNSi/c1-10(2,3)14(4,5)13-8-6-7-9(12)11-13/h6-8H,1-5H3. The van der Waals surface area contributed by atoms with E-state index in [-0.39, 0.29) is 0 Å². The summed E-state index contributed by atoms with van der Waals surface area (Å²) in [6.07, 6.45) is 6.36. The minimum atomic E-state index is -1.43. The molecule has 0 bridgehead atoms. The Bertz CT molecular complexity index is 278. The normalized spacial score (nSPS) is 17.9. The number of rotatable bonds is 1. The zero-order valence-corrected chi connectivity index (χ0v) is 12.2. The van der Waals surface area contributed by atoms with Crippen LogP contribution in [0.3, 0.4) is 0 Å². The van der Waals surface area contributed by atoms with Crippen molar-refractivity contribution in [3.63, 3.8) is 0 Å². The van der Waals surface area contributed by atoms with Crippen LogP contribution in [0.4, 0.5) is 0 Å². The van der Waals surface area contributed by atoms with Gasteiger partial charge in [-0.1, -0.05) is 55.9 Å². The summed E-state index contributed by atoms with van der Waals surface area (Å²) in [6, 6.07) is 0. The number of allylic oxidation sites excluding steroid dienone is 2. The van der Waals surface area contributed by atoms with Gasteiger partial charge in [-0.05, 0) is 21.7 Å². The van der Waals surface area contributed by atoms with Gasteiger partial charge < -0.3 is 4.48 Å². The highest BCUT2D eigenvalue weighted by Crippen LogP contribution is 2.39. The molecule has 0 unspecified atom stereocenters. The van der Waals surface area contributed by atoms with Crippen LogP contribution in [0.15, 0.2) is 22.7 Å². The highest BCUT2D eigenvalue weighted by Gasteiger charge is 2.40. The SMILES string of the molecule is CC(C)(C)[Si](C)(C)N1[B]C(Br)=CC=C1. The number of hydrogen-bond donors (Lipinski definition) is 0. The fourth-order valence-corrected chi connectivity index (χ4v) is 3.44. The van der Waals surface area contributed by atoms with Crippen LogP contribution in [0.1, 0.15) is 20.8 Å². The molecule has 0 aromatic carbocycles. The molecule has 1 nitrogen and oxygen atoms in total. The van der Waals surface area contributed by atoms with E-state index in [0.717, 1.165) is 4.38 Å². The molecular formula is C10H18BBrNSi. The smallest absolute Gasteiger partial charge is 0.283 e. The summed E-state index contributed by atoms with van der Waals surface area (Å²) in [4.78, 5) is 0. The Labute approximate surface area is 97.7 Å². The molecule has 0 saturated carbocycles. The van der Waals surface area contributed by atoms with Gasteiger partial charge in [0.05, 0.1) is 0 Å². The molecule has 14 heavy (non-hydrogen) atoms. The van der Waals surface area contributed by atoms with Crippen LogP contribution in [0.25, 0.3) is 0 Å². The van der Waals surface area contributed by atoms with Gasteiger partial charge >= 0.3 is 0 Å². The lowest BCUT2D eigenvalue weighted by atomic mass is 9.92. The lowest BCUT2D eigenvalue weighted by Gasteiger charge is -2.46. The predicted octanol–water partition coefficient (Wildman–Crippen LogP) is 3.68. The van der Waals surface area contributed by atoms with Crippen LogP contribution >= 0.6 is 15.9 Å². The van der Waals surface area contributed by atoms with Crippen molar-refractivity contribution in [2.45, 2.75) is 38.9 Å².